The van der Waals surface area contributed by atoms with Gasteiger partial charge in [0.1, 0.15) is 5.82 Å². The van der Waals surface area contributed by atoms with E-state index in [-0.39, 0.29) is 11.6 Å². The molecule has 0 aliphatic carbocycles. The molecule has 1 heterocycles. The van der Waals surface area contributed by atoms with Crippen molar-refractivity contribution in [2.45, 2.75) is 6.54 Å². The molecule has 25 heavy (non-hydrogen) atoms. The van der Waals surface area contributed by atoms with Gasteiger partial charge in [0, 0.05) is 12.2 Å². The van der Waals surface area contributed by atoms with Gasteiger partial charge in [0.25, 0.3) is 5.91 Å². The van der Waals surface area contributed by atoms with Gasteiger partial charge in [-0.25, -0.2) is 0 Å². The smallest absolute Gasteiger partial charge is 0.276 e. The van der Waals surface area contributed by atoms with Crippen molar-refractivity contribution in [3.63, 3.8) is 0 Å². The molecule has 0 aliphatic rings. The van der Waals surface area contributed by atoms with E-state index in [4.69, 9.17) is 5.26 Å². The maximum Gasteiger partial charge on any atom is 0.276 e. The van der Waals surface area contributed by atoms with E-state index in [2.05, 4.69) is 20.8 Å². The fraction of sp³-hybridized carbons (Fsp3) is 0.0526. The van der Waals surface area contributed by atoms with Crippen LogP contribution in [0, 0.1) is 11.3 Å². The molecule has 0 saturated heterocycles. The van der Waals surface area contributed by atoms with E-state index < -0.39 is 0 Å². The van der Waals surface area contributed by atoms with Gasteiger partial charge >= 0.3 is 0 Å². The van der Waals surface area contributed by atoms with Crippen LogP contribution in [-0.2, 0) is 6.54 Å². The molecule has 0 aliphatic heterocycles. The monoisotopic (exact) mass is 329 g/mol. The number of anilines is 2. The molecule has 0 bridgehead atoms. The van der Waals surface area contributed by atoms with Gasteiger partial charge in [-0.2, -0.15) is 5.26 Å². The molecule has 0 unspecified atom stereocenters. The van der Waals surface area contributed by atoms with Crippen molar-refractivity contribution in [3.8, 4) is 6.07 Å². The second-order valence-corrected chi connectivity index (χ2v) is 5.29. The number of hydrogen-bond donors (Lipinski definition) is 2. The molecule has 1 aromatic heterocycles. The van der Waals surface area contributed by atoms with Crippen molar-refractivity contribution in [1.82, 2.24) is 10.2 Å². The van der Waals surface area contributed by atoms with Gasteiger partial charge in [-0.3, -0.25) is 4.79 Å². The first-order valence-electron chi connectivity index (χ1n) is 7.67. The Hall–Kier alpha value is -3.72. The molecule has 0 spiro atoms. The molecule has 2 N–H and O–H groups in total. The summed E-state index contributed by atoms with van der Waals surface area (Å²) in [7, 11) is 0. The summed E-state index contributed by atoms with van der Waals surface area (Å²) in [6, 6.07) is 21.9. The second-order valence-electron chi connectivity index (χ2n) is 5.29. The molecule has 0 atom stereocenters. The van der Waals surface area contributed by atoms with Crippen LogP contribution in [0.5, 0.6) is 0 Å². The first kappa shape index (κ1) is 16.1. The van der Waals surface area contributed by atoms with Crippen molar-refractivity contribution < 1.29 is 4.79 Å². The first-order chi connectivity index (χ1) is 12.2. The number of nitrogens with zero attached hydrogens (tertiary/aromatic N) is 3. The fourth-order valence-electron chi connectivity index (χ4n) is 2.16. The van der Waals surface area contributed by atoms with Gasteiger partial charge in [-0.05, 0) is 42.0 Å². The number of amides is 1. The Morgan fingerprint density at radius 3 is 2.36 bits per heavy atom. The number of carbonyl (C=O) groups is 1. The van der Waals surface area contributed by atoms with Crippen LogP contribution in [0.15, 0.2) is 66.7 Å². The SMILES string of the molecule is N#Cc1ccc(NC(=O)c2ccc(NCc3ccccc3)nn2)cc1. The lowest BCUT2D eigenvalue weighted by atomic mass is 10.2. The summed E-state index contributed by atoms with van der Waals surface area (Å²) in [5, 5.41) is 22.6. The Balaban J connectivity index is 1.59. The summed E-state index contributed by atoms with van der Waals surface area (Å²) in [5.74, 6) is 0.241. The number of nitriles is 1. The van der Waals surface area contributed by atoms with Crippen LogP contribution in [0.1, 0.15) is 21.6 Å². The van der Waals surface area contributed by atoms with Crippen molar-refractivity contribution in [3.05, 3.63) is 83.6 Å². The van der Waals surface area contributed by atoms with Gasteiger partial charge in [-0.1, -0.05) is 30.3 Å². The highest BCUT2D eigenvalue weighted by Crippen LogP contribution is 2.11. The topological polar surface area (TPSA) is 90.7 Å². The van der Waals surface area contributed by atoms with Crippen molar-refractivity contribution in [1.29, 1.82) is 5.26 Å². The molecular weight excluding hydrogens is 314 g/mol. The van der Waals surface area contributed by atoms with Crippen LogP contribution >= 0.6 is 0 Å². The molecule has 2 aromatic carbocycles. The Kier molecular flexibility index (Phi) is 4.98. The highest BCUT2D eigenvalue weighted by atomic mass is 16.1. The van der Waals surface area contributed by atoms with Gasteiger partial charge in [0.05, 0.1) is 11.6 Å². The number of hydrogen-bond acceptors (Lipinski definition) is 5. The molecule has 0 radical (unpaired) electrons. The van der Waals surface area contributed by atoms with Crippen LogP contribution in [0.4, 0.5) is 11.5 Å². The first-order valence-corrected chi connectivity index (χ1v) is 7.67. The molecule has 0 saturated carbocycles. The molecule has 6 nitrogen and oxygen atoms in total. The maximum atomic E-state index is 12.2. The highest BCUT2D eigenvalue weighted by Gasteiger charge is 2.08. The quantitative estimate of drug-likeness (QED) is 0.750. The predicted octanol–water partition coefficient (Wildman–Crippen LogP) is 3.21. The summed E-state index contributed by atoms with van der Waals surface area (Å²) < 4.78 is 0. The van der Waals surface area contributed by atoms with Crippen LogP contribution in [-0.4, -0.2) is 16.1 Å². The predicted molar refractivity (Wildman–Crippen MR) is 94.9 cm³/mol. The van der Waals surface area contributed by atoms with Crippen LogP contribution in [0.25, 0.3) is 0 Å². The molecule has 6 heteroatoms. The average molecular weight is 329 g/mol. The summed E-state index contributed by atoms with van der Waals surface area (Å²) in [5.41, 5.74) is 2.48. The van der Waals surface area contributed by atoms with Gasteiger partial charge in [0.15, 0.2) is 5.69 Å². The van der Waals surface area contributed by atoms with E-state index in [1.165, 1.54) is 0 Å². The van der Waals surface area contributed by atoms with E-state index in [9.17, 15) is 4.79 Å². The molecule has 3 rings (SSSR count). The van der Waals surface area contributed by atoms with Crippen LogP contribution < -0.4 is 10.6 Å². The minimum Gasteiger partial charge on any atom is -0.365 e. The zero-order chi connectivity index (χ0) is 17.5. The molecule has 1 amide bonds. The lowest BCUT2D eigenvalue weighted by Gasteiger charge is -2.07. The molecular formula is C19H15N5O. The van der Waals surface area contributed by atoms with Crippen molar-refractivity contribution in [2.75, 3.05) is 10.6 Å². The number of rotatable bonds is 5. The normalized spacial score (nSPS) is 9.88. The highest BCUT2D eigenvalue weighted by molar-refractivity contribution is 6.02. The number of carbonyl (C=O) groups excluding carboxylic acids is 1. The van der Waals surface area contributed by atoms with E-state index in [0.717, 1.165) is 5.56 Å². The van der Waals surface area contributed by atoms with Crippen LogP contribution in [0.2, 0.25) is 0 Å². The standard InChI is InChI=1S/C19H15N5O/c20-12-14-6-8-16(9-7-14)22-19(25)17-10-11-18(24-23-17)21-13-15-4-2-1-3-5-15/h1-11H,13H2,(H,21,24)(H,22,25). The van der Waals surface area contributed by atoms with E-state index in [1.54, 1.807) is 36.4 Å². The Bertz CT molecular complexity index is 884. The molecule has 122 valence electrons. The zero-order valence-electron chi connectivity index (χ0n) is 13.3. The number of nitrogens with one attached hydrogen (secondary N) is 2. The fourth-order valence-corrected chi connectivity index (χ4v) is 2.16. The summed E-state index contributed by atoms with van der Waals surface area (Å²) in [6.07, 6.45) is 0. The molecule has 0 fully saturated rings. The Labute approximate surface area is 145 Å². The van der Waals surface area contributed by atoms with E-state index in [1.807, 2.05) is 36.4 Å². The minimum atomic E-state index is -0.355. The van der Waals surface area contributed by atoms with Gasteiger partial charge in [-0.15, -0.1) is 10.2 Å². The van der Waals surface area contributed by atoms with E-state index >= 15 is 0 Å². The third kappa shape index (κ3) is 4.39. The summed E-state index contributed by atoms with van der Waals surface area (Å²) in [4.78, 5) is 12.2. The Morgan fingerprint density at radius 2 is 1.72 bits per heavy atom. The summed E-state index contributed by atoms with van der Waals surface area (Å²) in [6.45, 7) is 0.631. The minimum absolute atomic E-state index is 0.217. The summed E-state index contributed by atoms with van der Waals surface area (Å²) >= 11 is 0. The lowest BCUT2D eigenvalue weighted by Crippen LogP contribution is -2.14. The van der Waals surface area contributed by atoms with E-state index in [0.29, 0.717) is 23.6 Å². The van der Waals surface area contributed by atoms with Crippen LogP contribution in [0.3, 0.4) is 0 Å². The van der Waals surface area contributed by atoms with Gasteiger partial charge in [0.2, 0.25) is 0 Å². The lowest BCUT2D eigenvalue weighted by molar-refractivity contribution is 0.102. The van der Waals surface area contributed by atoms with Crippen molar-refractivity contribution >= 4 is 17.4 Å². The number of benzene rings is 2. The largest absolute Gasteiger partial charge is 0.365 e. The average Bonchev–Trinajstić information content (AvgIpc) is 2.68. The second kappa shape index (κ2) is 7.70. The maximum absolute atomic E-state index is 12.2. The third-order valence-corrected chi connectivity index (χ3v) is 3.49. The molecule has 3 aromatic rings. The number of aromatic nitrogens is 2. The van der Waals surface area contributed by atoms with Gasteiger partial charge < -0.3 is 10.6 Å². The zero-order valence-corrected chi connectivity index (χ0v) is 13.3. The van der Waals surface area contributed by atoms with Crippen molar-refractivity contribution in [2.24, 2.45) is 0 Å². The Morgan fingerprint density at radius 1 is 0.960 bits per heavy atom. The third-order valence-electron chi connectivity index (χ3n) is 3.49.